The van der Waals surface area contributed by atoms with Crippen LogP contribution >= 0.6 is 0 Å². The topological polar surface area (TPSA) is 77.3 Å². The number of hydrogen-bond donors (Lipinski definition) is 1. The highest BCUT2D eigenvalue weighted by Crippen LogP contribution is 2.20. The summed E-state index contributed by atoms with van der Waals surface area (Å²) in [6, 6.07) is 13.8. The van der Waals surface area contributed by atoms with Crippen molar-refractivity contribution in [3.63, 3.8) is 0 Å². The predicted molar refractivity (Wildman–Crippen MR) is 112 cm³/mol. The third-order valence-electron chi connectivity index (χ3n) is 4.50. The Labute approximate surface area is 174 Å². The molecule has 0 bridgehead atoms. The molecule has 1 amide bonds. The minimum Gasteiger partial charge on any atom is -0.497 e. The van der Waals surface area contributed by atoms with Crippen LogP contribution in [0.2, 0.25) is 0 Å². The first-order chi connectivity index (χ1) is 14.7. The Balaban J connectivity index is 1.33. The van der Waals surface area contributed by atoms with E-state index in [4.69, 9.17) is 9.26 Å². The molecule has 156 valence electrons. The predicted octanol–water partition coefficient (Wildman–Crippen LogP) is 4.43. The van der Waals surface area contributed by atoms with Crippen LogP contribution in [0, 0.1) is 5.82 Å². The van der Waals surface area contributed by atoms with E-state index >= 15 is 0 Å². The number of halogens is 1. The highest BCUT2D eigenvalue weighted by Gasteiger charge is 2.08. The van der Waals surface area contributed by atoms with E-state index in [-0.39, 0.29) is 11.7 Å². The Morgan fingerprint density at radius 3 is 2.70 bits per heavy atom. The third kappa shape index (κ3) is 6.27. The second kappa shape index (κ2) is 10.9. The summed E-state index contributed by atoms with van der Waals surface area (Å²) in [5.74, 6) is 1.34. The maximum Gasteiger partial charge on any atom is 0.244 e. The molecule has 0 saturated heterocycles. The Morgan fingerprint density at radius 1 is 1.13 bits per heavy atom. The smallest absolute Gasteiger partial charge is 0.244 e. The SMILES string of the molecule is COc1ccc(-c2noc(CCCCCNC(=O)/C=C/c3ccccc3F)n2)cc1. The molecule has 2 aromatic carbocycles. The molecule has 0 saturated carbocycles. The van der Waals surface area contributed by atoms with Gasteiger partial charge in [0.2, 0.25) is 17.6 Å². The lowest BCUT2D eigenvalue weighted by atomic mass is 10.2. The average Bonchev–Trinajstić information content (AvgIpc) is 3.24. The molecule has 0 aliphatic heterocycles. The van der Waals surface area contributed by atoms with Gasteiger partial charge in [-0.2, -0.15) is 4.98 Å². The first-order valence-corrected chi connectivity index (χ1v) is 9.83. The lowest BCUT2D eigenvalue weighted by Crippen LogP contribution is -2.22. The number of nitrogens with zero attached hydrogens (tertiary/aromatic N) is 2. The molecule has 30 heavy (non-hydrogen) atoms. The molecule has 0 unspecified atom stereocenters. The lowest BCUT2D eigenvalue weighted by molar-refractivity contribution is -0.116. The van der Waals surface area contributed by atoms with Crippen molar-refractivity contribution in [3.8, 4) is 17.1 Å². The van der Waals surface area contributed by atoms with Crippen LogP contribution in [0.3, 0.4) is 0 Å². The van der Waals surface area contributed by atoms with Gasteiger partial charge < -0.3 is 14.6 Å². The normalized spacial score (nSPS) is 11.0. The summed E-state index contributed by atoms with van der Waals surface area (Å²) in [5, 5.41) is 6.81. The van der Waals surface area contributed by atoms with Gasteiger partial charge in [0.1, 0.15) is 11.6 Å². The summed E-state index contributed by atoms with van der Waals surface area (Å²) in [5.41, 5.74) is 1.26. The zero-order valence-corrected chi connectivity index (χ0v) is 16.8. The number of aromatic nitrogens is 2. The van der Waals surface area contributed by atoms with Gasteiger partial charge >= 0.3 is 0 Å². The van der Waals surface area contributed by atoms with Crippen molar-refractivity contribution in [2.75, 3.05) is 13.7 Å². The molecule has 0 aliphatic rings. The van der Waals surface area contributed by atoms with Crippen LogP contribution in [0.4, 0.5) is 4.39 Å². The number of amides is 1. The van der Waals surface area contributed by atoms with Crippen molar-refractivity contribution in [2.45, 2.75) is 25.7 Å². The Morgan fingerprint density at radius 2 is 1.93 bits per heavy atom. The van der Waals surface area contributed by atoms with Crippen LogP contribution in [0.15, 0.2) is 59.1 Å². The van der Waals surface area contributed by atoms with Crippen LogP contribution in [0.1, 0.15) is 30.7 Å². The summed E-state index contributed by atoms with van der Waals surface area (Å²) in [6.07, 6.45) is 6.13. The zero-order valence-electron chi connectivity index (χ0n) is 16.8. The fourth-order valence-electron chi connectivity index (χ4n) is 2.84. The molecule has 0 spiro atoms. The van der Waals surface area contributed by atoms with Crippen molar-refractivity contribution < 1.29 is 18.4 Å². The van der Waals surface area contributed by atoms with Crippen molar-refractivity contribution in [1.82, 2.24) is 15.5 Å². The van der Waals surface area contributed by atoms with Gasteiger partial charge in [-0.1, -0.05) is 29.8 Å². The minimum atomic E-state index is -0.349. The summed E-state index contributed by atoms with van der Waals surface area (Å²) < 4.78 is 23.9. The van der Waals surface area contributed by atoms with E-state index in [0.29, 0.717) is 30.2 Å². The van der Waals surface area contributed by atoms with Gasteiger partial charge in [-0.05, 0) is 49.2 Å². The molecule has 0 fully saturated rings. The maximum absolute atomic E-state index is 13.5. The molecule has 6 nitrogen and oxygen atoms in total. The number of carbonyl (C=O) groups is 1. The van der Waals surface area contributed by atoms with Crippen molar-refractivity contribution >= 4 is 12.0 Å². The Kier molecular flexibility index (Phi) is 7.71. The zero-order chi connectivity index (χ0) is 21.2. The van der Waals surface area contributed by atoms with E-state index in [1.54, 1.807) is 25.3 Å². The van der Waals surface area contributed by atoms with Gasteiger partial charge in [0.15, 0.2) is 0 Å². The number of benzene rings is 2. The molecule has 0 aliphatic carbocycles. The molecule has 0 radical (unpaired) electrons. The van der Waals surface area contributed by atoms with E-state index in [9.17, 15) is 9.18 Å². The van der Waals surface area contributed by atoms with E-state index in [1.165, 1.54) is 18.2 Å². The third-order valence-corrected chi connectivity index (χ3v) is 4.50. The van der Waals surface area contributed by atoms with Gasteiger partial charge in [-0.3, -0.25) is 4.79 Å². The number of hydrogen-bond acceptors (Lipinski definition) is 5. The summed E-state index contributed by atoms with van der Waals surface area (Å²) in [7, 11) is 1.62. The first-order valence-electron chi connectivity index (χ1n) is 9.83. The minimum absolute atomic E-state index is 0.237. The molecule has 7 heteroatoms. The van der Waals surface area contributed by atoms with Crippen molar-refractivity contribution in [3.05, 3.63) is 71.9 Å². The average molecular weight is 409 g/mol. The van der Waals surface area contributed by atoms with Gasteiger partial charge in [-0.15, -0.1) is 0 Å². The molecular weight excluding hydrogens is 385 g/mol. The number of ether oxygens (including phenoxy) is 1. The molecule has 3 rings (SSSR count). The van der Waals surface area contributed by atoms with Gasteiger partial charge in [0.05, 0.1) is 7.11 Å². The largest absolute Gasteiger partial charge is 0.497 e. The van der Waals surface area contributed by atoms with Crippen molar-refractivity contribution in [2.24, 2.45) is 0 Å². The van der Waals surface area contributed by atoms with Crippen LogP contribution < -0.4 is 10.1 Å². The van der Waals surface area contributed by atoms with E-state index in [1.807, 2.05) is 24.3 Å². The molecule has 0 atom stereocenters. The van der Waals surface area contributed by atoms with E-state index < -0.39 is 0 Å². The fourth-order valence-corrected chi connectivity index (χ4v) is 2.84. The van der Waals surface area contributed by atoms with Crippen molar-refractivity contribution in [1.29, 1.82) is 0 Å². The highest BCUT2D eigenvalue weighted by molar-refractivity contribution is 5.91. The summed E-state index contributed by atoms with van der Waals surface area (Å²) in [6.45, 7) is 0.557. The quantitative estimate of drug-likeness (QED) is 0.396. The molecular formula is C23H24FN3O3. The Bertz CT molecular complexity index is 983. The second-order valence-corrected chi connectivity index (χ2v) is 6.70. The monoisotopic (exact) mass is 409 g/mol. The number of carbonyl (C=O) groups excluding carboxylic acids is 1. The molecule has 1 aromatic heterocycles. The fraction of sp³-hybridized carbons (Fsp3) is 0.261. The Hall–Kier alpha value is -3.48. The van der Waals surface area contributed by atoms with Crippen LogP contribution in [-0.2, 0) is 11.2 Å². The number of aryl methyl sites for hydroxylation is 1. The van der Waals surface area contributed by atoms with Crippen LogP contribution in [-0.4, -0.2) is 29.7 Å². The molecule has 3 aromatic rings. The van der Waals surface area contributed by atoms with Crippen LogP contribution in [0.25, 0.3) is 17.5 Å². The number of methoxy groups -OCH3 is 1. The number of nitrogens with one attached hydrogen (secondary N) is 1. The second-order valence-electron chi connectivity index (χ2n) is 6.70. The van der Waals surface area contributed by atoms with Crippen LogP contribution in [0.5, 0.6) is 5.75 Å². The van der Waals surface area contributed by atoms with E-state index in [0.717, 1.165) is 30.6 Å². The van der Waals surface area contributed by atoms with E-state index in [2.05, 4.69) is 15.5 Å². The standard InChI is InChI=1S/C23H24FN3O3/c1-29-19-13-10-18(11-14-19)23-26-22(30-27-23)9-3-2-6-16-25-21(28)15-12-17-7-4-5-8-20(17)24/h4-5,7-8,10-15H,2-3,6,9,16H2,1H3,(H,25,28)/b15-12+. The summed E-state index contributed by atoms with van der Waals surface area (Å²) >= 11 is 0. The lowest BCUT2D eigenvalue weighted by Gasteiger charge is -2.02. The molecule has 1 N–H and O–H groups in total. The number of rotatable bonds is 10. The maximum atomic E-state index is 13.5. The van der Waals surface area contributed by atoms with Gasteiger partial charge in [0, 0.05) is 30.2 Å². The first kappa shape index (κ1) is 21.2. The number of unbranched alkanes of at least 4 members (excludes halogenated alkanes) is 2. The highest BCUT2D eigenvalue weighted by atomic mass is 19.1. The van der Waals surface area contributed by atoms with Gasteiger partial charge in [0.25, 0.3) is 0 Å². The summed E-state index contributed by atoms with van der Waals surface area (Å²) in [4.78, 5) is 16.2. The molecule has 1 heterocycles. The van der Waals surface area contributed by atoms with Gasteiger partial charge in [-0.25, -0.2) is 4.39 Å².